The average Bonchev–Trinajstić information content (AvgIpc) is 2.86. The van der Waals surface area contributed by atoms with Crippen LogP contribution in [0.5, 0.6) is 0 Å². The Morgan fingerprint density at radius 1 is 1.05 bits per heavy atom. The third-order valence-electron chi connectivity index (χ3n) is 4.34. The number of para-hydroxylation sites is 1. The van der Waals surface area contributed by atoms with Crippen molar-refractivity contribution in [3.05, 3.63) is 42.0 Å². The van der Waals surface area contributed by atoms with Gasteiger partial charge in [0.05, 0.1) is 0 Å². The minimum atomic E-state index is 0.298. The summed E-state index contributed by atoms with van der Waals surface area (Å²) in [5.41, 5.74) is 3.92. The van der Waals surface area contributed by atoms with Crippen molar-refractivity contribution in [1.82, 2.24) is 4.90 Å². The van der Waals surface area contributed by atoms with Gasteiger partial charge >= 0.3 is 0 Å². The molecule has 0 spiro atoms. The molecule has 3 heteroatoms. The topological polar surface area (TPSA) is 23.6 Å². The van der Waals surface area contributed by atoms with Crippen molar-refractivity contribution in [2.75, 3.05) is 24.5 Å². The number of hydrogen-bond donors (Lipinski definition) is 0. The highest BCUT2D eigenvalue weighted by atomic mass is 16.2. The van der Waals surface area contributed by atoms with E-state index in [9.17, 15) is 4.79 Å². The Morgan fingerprint density at radius 2 is 1.80 bits per heavy atom. The van der Waals surface area contributed by atoms with Crippen molar-refractivity contribution >= 4 is 11.6 Å². The highest BCUT2D eigenvalue weighted by Gasteiger charge is 2.22. The van der Waals surface area contributed by atoms with Gasteiger partial charge < -0.3 is 9.80 Å². The first-order chi connectivity index (χ1) is 9.74. The van der Waals surface area contributed by atoms with Crippen LogP contribution in [0.25, 0.3) is 0 Å². The normalized spacial score (nSPS) is 19.8. The number of amides is 1. The molecule has 0 aliphatic carbocycles. The smallest absolute Gasteiger partial charge is 0.222 e. The lowest BCUT2D eigenvalue weighted by Crippen LogP contribution is -2.32. The van der Waals surface area contributed by atoms with Crippen molar-refractivity contribution in [1.29, 1.82) is 0 Å². The molecule has 1 aromatic rings. The molecule has 0 N–H and O–H groups in total. The molecule has 2 fully saturated rings. The Labute approximate surface area is 120 Å². The molecular weight excluding hydrogens is 248 g/mol. The lowest BCUT2D eigenvalue weighted by atomic mass is 10.0. The number of rotatable bonds is 3. The lowest BCUT2D eigenvalue weighted by Gasteiger charge is -2.32. The van der Waals surface area contributed by atoms with Gasteiger partial charge in [0, 0.05) is 38.3 Å². The van der Waals surface area contributed by atoms with Crippen LogP contribution in [0.3, 0.4) is 0 Å². The summed E-state index contributed by atoms with van der Waals surface area (Å²) >= 11 is 0. The van der Waals surface area contributed by atoms with Gasteiger partial charge in [0.2, 0.25) is 5.91 Å². The molecule has 2 aliphatic heterocycles. The molecule has 0 bridgehead atoms. The predicted molar refractivity (Wildman–Crippen MR) is 81.7 cm³/mol. The fourth-order valence-electron chi connectivity index (χ4n) is 3.09. The lowest BCUT2D eigenvalue weighted by molar-refractivity contribution is -0.128. The number of likely N-dealkylation sites (tertiary alicyclic amines) is 1. The molecule has 0 atom stereocenters. The van der Waals surface area contributed by atoms with Crippen LogP contribution in [0.1, 0.15) is 31.2 Å². The van der Waals surface area contributed by atoms with Crippen LogP contribution in [-0.4, -0.2) is 30.4 Å². The average molecular weight is 270 g/mol. The van der Waals surface area contributed by atoms with E-state index >= 15 is 0 Å². The zero-order valence-electron chi connectivity index (χ0n) is 12.0. The summed E-state index contributed by atoms with van der Waals surface area (Å²) in [5, 5.41) is 0. The standard InChI is InChI=1S/C17H22N2O/c1-14-8-11-18(12-9-14)16-6-3-2-5-15(16)13-19-10-4-7-17(19)20/h2-3,5-6H,1,4,7-13H2. The second-order valence-corrected chi connectivity index (χ2v) is 5.78. The minimum absolute atomic E-state index is 0.298. The van der Waals surface area contributed by atoms with E-state index in [1.54, 1.807) is 0 Å². The van der Waals surface area contributed by atoms with Crippen molar-refractivity contribution in [2.24, 2.45) is 0 Å². The molecule has 1 aromatic carbocycles. The van der Waals surface area contributed by atoms with Crippen molar-refractivity contribution < 1.29 is 4.79 Å². The van der Waals surface area contributed by atoms with Gasteiger partial charge in [-0.25, -0.2) is 0 Å². The largest absolute Gasteiger partial charge is 0.371 e. The van der Waals surface area contributed by atoms with E-state index in [1.165, 1.54) is 16.8 Å². The molecule has 2 heterocycles. The van der Waals surface area contributed by atoms with Crippen LogP contribution >= 0.6 is 0 Å². The Morgan fingerprint density at radius 3 is 2.50 bits per heavy atom. The molecule has 20 heavy (non-hydrogen) atoms. The molecule has 2 saturated heterocycles. The van der Waals surface area contributed by atoms with Gasteiger partial charge in [0.1, 0.15) is 0 Å². The molecular formula is C17H22N2O. The summed E-state index contributed by atoms with van der Waals surface area (Å²) in [6.07, 6.45) is 3.88. The number of anilines is 1. The molecule has 0 unspecified atom stereocenters. The summed E-state index contributed by atoms with van der Waals surface area (Å²) in [5.74, 6) is 0.298. The number of hydrogen-bond acceptors (Lipinski definition) is 2. The van der Waals surface area contributed by atoms with Gasteiger partial charge in [-0.1, -0.05) is 30.4 Å². The first-order valence-electron chi connectivity index (χ1n) is 7.51. The summed E-state index contributed by atoms with van der Waals surface area (Å²) in [6, 6.07) is 8.50. The number of nitrogens with zero attached hydrogens (tertiary/aromatic N) is 2. The first kappa shape index (κ1) is 13.2. The zero-order chi connectivity index (χ0) is 13.9. The fraction of sp³-hybridized carbons (Fsp3) is 0.471. The second kappa shape index (κ2) is 5.70. The van der Waals surface area contributed by atoms with E-state index in [0.29, 0.717) is 12.3 Å². The Hall–Kier alpha value is -1.77. The van der Waals surface area contributed by atoms with E-state index in [-0.39, 0.29) is 0 Å². The van der Waals surface area contributed by atoms with Crippen molar-refractivity contribution in [3.63, 3.8) is 0 Å². The van der Waals surface area contributed by atoms with Gasteiger partial charge in [-0.15, -0.1) is 0 Å². The summed E-state index contributed by atoms with van der Waals surface area (Å²) in [6.45, 7) is 7.83. The summed E-state index contributed by atoms with van der Waals surface area (Å²) in [7, 11) is 0. The fourth-order valence-corrected chi connectivity index (χ4v) is 3.09. The number of piperidine rings is 1. The molecule has 106 valence electrons. The van der Waals surface area contributed by atoms with E-state index in [0.717, 1.165) is 45.4 Å². The van der Waals surface area contributed by atoms with Crippen LogP contribution < -0.4 is 4.90 Å². The molecule has 2 aliphatic rings. The minimum Gasteiger partial charge on any atom is -0.371 e. The van der Waals surface area contributed by atoms with Gasteiger partial charge in [-0.3, -0.25) is 4.79 Å². The molecule has 3 nitrogen and oxygen atoms in total. The predicted octanol–water partition coefficient (Wildman–Crippen LogP) is 2.97. The van der Waals surface area contributed by atoms with Gasteiger partial charge in [0.25, 0.3) is 0 Å². The van der Waals surface area contributed by atoms with Crippen LogP contribution in [0.15, 0.2) is 36.4 Å². The van der Waals surface area contributed by atoms with Crippen LogP contribution in [0, 0.1) is 0 Å². The maximum Gasteiger partial charge on any atom is 0.222 e. The monoisotopic (exact) mass is 270 g/mol. The Balaban J connectivity index is 1.77. The number of carbonyl (C=O) groups is 1. The number of benzene rings is 1. The van der Waals surface area contributed by atoms with Gasteiger partial charge in [-0.05, 0) is 30.9 Å². The maximum atomic E-state index is 11.8. The highest BCUT2D eigenvalue weighted by molar-refractivity contribution is 5.78. The highest BCUT2D eigenvalue weighted by Crippen LogP contribution is 2.27. The van der Waals surface area contributed by atoms with Crippen molar-refractivity contribution in [3.8, 4) is 0 Å². The number of carbonyl (C=O) groups excluding carboxylic acids is 1. The van der Waals surface area contributed by atoms with Gasteiger partial charge in [0.15, 0.2) is 0 Å². The van der Waals surface area contributed by atoms with E-state index < -0.39 is 0 Å². The zero-order valence-corrected chi connectivity index (χ0v) is 12.0. The van der Waals surface area contributed by atoms with E-state index in [1.807, 2.05) is 4.90 Å². The second-order valence-electron chi connectivity index (χ2n) is 5.78. The molecule has 1 amide bonds. The molecule has 0 aromatic heterocycles. The summed E-state index contributed by atoms with van der Waals surface area (Å²) < 4.78 is 0. The molecule has 0 radical (unpaired) electrons. The maximum absolute atomic E-state index is 11.8. The molecule has 3 rings (SSSR count). The molecule has 0 saturated carbocycles. The Kier molecular flexibility index (Phi) is 3.77. The van der Waals surface area contributed by atoms with Crippen LogP contribution in [-0.2, 0) is 11.3 Å². The van der Waals surface area contributed by atoms with E-state index in [2.05, 4.69) is 35.7 Å². The van der Waals surface area contributed by atoms with Crippen LogP contribution in [0.2, 0.25) is 0 Å². The van der Waals surface area contributed by atoms with Gasteiger partial charge in [-0.2, -0.15) is 0 Å². The van der Waals surface area contributed by atoms with Crippen molar-refractivity contribution in [2.45, 2.75) is 32.2 Å². The van der Waals surface area contributed by atoms with E-state index in [4.69, 9.17) is 0 Å². The Bertz CT molecular complexity index is 513. The SMILES string of the molecule is C=C1CCN(c2ccccc2CN2CCCC2=O)CC1. The quantitative estimate of drug-likeness (QED) is 0.788. The summed E-state index contributed by atoms with van der Waals surface area (Å²) in [4.78, 5) is 16.2. The third kappa shape index (κ3) is 2.72. The van der Waals surface area contributed by atoms with Crippen LogP contribution in [0.4, 0.5) is 5.69 Å². The third-order valence-corrected chi connectivity index (χ3v) is 4.34. The first-order valence-corrected chi connectivity index (χ1v) is 7.51.